The van der Waals surface area contributed by atoms with E-state index in [1.54, 1.807) is 6.07 Å². The van der Waals surface area contributed by atoms with Crippen LogP contribution in [-0.4, -0.2) is 52.4 Å². The Morgan fingerprint density at radius 1 is 1.23 bits per heavy atom. The van der Waals surface area contributed by atoms with Gasteiger partial charge in [0, 0.05) is 41.7 Å². The number of piperidine rings is 1. The highest BCUT2D eigenvalue weighted by Gasteiger charge is 2.72. The average Bonchev–Trinajstić information content (AvgIpc) is 3.12. The van der Waals surface area contributed by atoms with Gasteiger partial charge < -0.3 is 25.2 Å². The molecule has 0 saturated carbocycles. The van der Waals surface area contributed by atoms with Crippen LogP contribution in [0.3, 0.4) is 0 Å². The number of pyridine rings is 1. The summed E-state index contributed by atoms with van der Waals surface area (Å²) in [5.74, 6) is 0.691. The zero-order chi connectivity index (χ0) is 21.1. The number of aromatic hydroxyl groups is 1. The molecule has 0 amide bonds. The molecule has 1 fully saturated rings. The summed E-state index contributed by atoms with van der Waals surface area (Å²) in [5.41, 5.74) is 4.43. The molecule has 6 heteroatoms. The number of rotatable bonds is 1. The number of likely N-dealkylation sites (tertiary alicyclic amines) is 1. The number of hydrogen-bond donors (Lipinski definition) is 3. The number of para-hydroxylation sites is 1. The summed E-state index contributed by atoms with van der Waals surface area (Å²) in [6.07, 6.45) is 1.61. The van der Waals surface area contributed by atoms with Crippen molar-refractivity contribution in [1.82, 2.24) is 9.88 Å². The Hall–Kier alpha value is -2.83. The van der Waals surface area contributed by atoms with Gasteiger partial charge in [-0.15, -0.1) is 0 Å². The lowest BCUT2D eigenvalue weighted by Crippen LogP contribution is -2.74. The highest BCUT2D eigenvalue weighted by Crippen LogP contribution is 2.68. The molecule has 3 N–H and O–H groups in total. The van der Waals surface area contributed by atoms with Gasteiger partial charge in [0.15, 0.2) is 17.6 Å². The Bertz CT molecular complexity index is 1290. The van der Waals surface area contributed by atoms with Gasteiger partial charge in [-0.3, -0.25) is 0 Å². The Morgan fingerprint density at radius 3 is 2.90 bits per heavy atom. The molecule has 3 aromatic rings. The van der Waals surface area contributed by atoms with E-state index in [1.165, 1.54) is 5.56 Å². The zero-order valence-corrected chi connectivity index (χ0v) is 17.6. The van der Waals surface area contributed by atoms with Crippen LogP contribution in [-0.2, 0) is 18.3 Å². The predicted molar refractivity (Wildman–Crippen MR) is 118 cm³/mol. The fourth-order valence-corrected chi connectivity index (χ4v) is 7.15. The lowest BCUT2D eigenvalue weighted by Gasteiger charge is -2.62. The number of ether oxygens (including phenoxy) is 1. The molecular weight excluding hydrogens is 390 g/mol. The molecule has 3 unspecified atom stereocenters. The third-order valence-corrected chi connectivity index (χ3v) is 8.45. The molecule has 4 aliphatic rings. The molecule has 1 saturated heterocycles. The minimum atomic E-state index is -1.00. The number of nitrogens with zero attached hydrogens (tertiary/aromatic N) is 2. The van der Waals surface area contributed by atoms with E-state index in [2.05, 4.69) is 23.3 Å². The first-order valence-electron chi connectivity index (χ1n) is 11.0. The smallest absolute Gasteiger partial charge is 0.166 e. The van der Waals surface area contributed by atoms with Crippen molar-refractivity contribution in [3.63, 3.8) is 0 Å². The highest BCUT2D eigenvalue weighted by atomic mass is 16.5. The topological polar surface area (TPSA) is 77.9 Å². The van der Waals surface area contributed by atoms with E-state index >= 15 is 0 Å². The third kappa shape index (κ3) is 1.82. The van der Waals surface area contributed by atoms with Crippen molar-refractivity contribution in [2.45, 2.75) is 42.4 Å². The van der Waals surface area contributed by atoms with E-state index in [9.17, 15) is 10.2 Å². The van der Waals surface area contributed by atoms with Crippen LogP contribution >= 0.6 is 0 Å². The Morgan fingerprint density at radius 2 is 2.06 bits per heavy atom. The van der Waals surface area contributed by atoms with Crippen LogP contribution in [0.5, 0.6) is 11.5 Å². The summed E-state index contributed by atoms with van der Waals surface area (Å²) in [6, 6.07) is 11.8. The molecule has 2 aromatic carbocycles. The highest BCUT2D eigenvalue weighted by molar-refractivity contribution is 5.94. The minimum Gasteiger partial charge on any atom is -0.504 e. The fraction of sp³-hybridized carbons (Fsp3) is 0.400. The summed E-state index contributed by atoms with van der Waals surface area (Å²) in [6.45, 7) is 0.878. The van der Waals surface area contributed by atoms with Crippen molar-refractivity contribution in [2.75, 3.05) is 26.0 Å². The molecule has 31 heavy (non-hydrogen) atoms. The van der Waals surface area contributed by atoms with Crippen LogP contribution in [0.1, 0.15) is 34.9 Å². The molecule has 7 rings (SSSR count). The quantitative estimate of drug-likeness (QED) is 0.567. The van der Waals surface area contributed by atoms with Crippen LogP contribution in [0.4, 0.5) is 5.69 Å². The molecule has 2 bridgehead atoms. The largest absolute Gasteiger partial charge is 0.504 e. The molecule has 1 spiro atoms. The number of phenolic OH excluding ortho intramolecular Hbond substituents is 1. The second kappa shape index (κ2) is 5.50. The van der Waals surface area contributed by atoms with Gasteiger partial charge in [-0.2, -0.15) is 0 Å². The monoisotopic (exact) mass is 415 g/mol. The predicted octanol–water partition coefficient (Wildman–Crippen LogP) is 2.90. The maximum absolute atomic E-state index is 12.6. The zero-order valence-electron chi connectivity index (χ0n) is 17.6. The van der Waals surface area contributed by atoms with Crippen LogP contribution < -0.4 is 10.1 Å². The molecule has 6 nitrogen and oxygen atoms in total. The van der Waals surface area contributed by atoms with Crippen molar-refractivity contribution in [3.8, 4) is 11.5 Å². The van der Waals surface area contributed by atoms with Crippen molar-refractivity contribution in [2.24, 2.45) is 0 Å². The molecular formula is C25H25N3O3. The maximum atomic E-state index is 12.6. The molecule has 2 aliphatic carbocycles. The number of benzene rings is 2. The van der Waals surface area contributed by atoms with Gasteiger partial charge in [0.25, 0.3) is 0 Å². The third-order valence-electron chi connectivity index (χ3n) is 8.45. The van der Waals surface area contributed by atoms with Gasteiger partial charge in [0.2, 0.25) is 0 Å². The van der Waals surface area contributed by atoms with Gasteiger partial charge in [-0.1, -0.05) is 24.3 Å². The van der Waals surface area contributed by atoms with Crippen LogP contribution in [0.25, 0.3) is 10.9 Å². The first-order chi connectivity index (χ1) is 15.0. The number of likely N-dealkylation sites (N-methyl/N-ethyl adjacent to an activating group) is 1. The lowest BCUT2D eigenvalue weighted by atomic mass is 9.49. The van der Waals surface area contributed by atoms with Crippen molar-refractivity contribution in [3.05, 3.63) is 58.8 Å². The molecule has 2 aliphatic heterocycles. The van der Waals surface area contributed by atoms with Gasteiger partial charge in [-0.25, -0.2) is 4.98 Å². The molecule has 3 heterocycles. The van der Waals surface area contributed by atoms with Crippen molar-refractivity contribution < 1.29 is 14.9 Å². The van der Waals surface area contributed by atoms with E-state index in [0.717, 1.165) is 52.8 Å². The molecule has 4 atom stereocenters. The number of aromatic nitrogens is 1. The summed E-state index contributed by atoms with van der Waals surface area (Å²) >= 11 is 0. The standard InChI is InChI=1S/C25H25N3O3/c1-26-20-14-5-3-4-6-16(14)27-21-15(20)12-25(30)18-11-13-7-8-17(29)22-19(13)24(25,23(21)31-22)9-10-28(18)2/h3-8,18,23,29-30H,9-12H2,1-2H3,(H,26,27)/t18?,23?,24-,25?/m0/s1. The second-order valence-corrected chi connectivity index (χ2v) is 9.59. The molecule has 1 aromatic heterocycles. The van der Waals surface area contributed by atoms with Gasteiger partial charge in [-0.05, 0) is 44.1 Å². The fourth-order valence-electron chi connectivity index (χ4n) is 7.15. The number of nitrogens with one attached hydrogen (secondary N) is 1. The molecule has 158 valence electrons. The second-order valence-electron chi connectivity index (χ2n) is 9.59. The number of phenols is 1. The van der Waals surface area contributed by atoms with E-state index in [4.69, 9.17) is 9.72 Å². The first-order valence-corrected chi connectivity index (χ1v) is 11.0. The Balaban J connectivity index is 1.61. The number of aliphatic hydroxyl groups is 1. The summed E-state index contributed by atoms with van der Waals surface area (Å²) in [7, 11) is 4.04. The van der Waals surface area contributed by atoms with Crippen LogP contribution in [0, 0.1) is 0 Å². The molecule has 0 radical (unpaired) electrons. The Kier molecular flexibility index (Phi) is 3.16. The SMILES string of the molecule is CNc1c2c(nc3ccccc13)C1Oc3c(O)ccc4c3[C@@]13CCN(C)C(C4)C3(O)C2. The van der Waals surface area contributed by atoms with E-state index in [-0.39, 0.29) is 11.8 Å². The lowest BCUT2D eigenvalue weighted by molar-refractivity contribution is -0.167. The summed E-state index contributed by atoms with van der Waals surface area (Å²) in [4.78, 5) is 7.39. The Labute approximate surface area is 180 Å². The number of fused-ring (bicyclic) bond motifs is 3. The van der Waals surface area contributed by atoms with Crippen LogP contribution in [0.2, 0.25) is 0 Å². The van der Waals surface area contributed by atoms with Gasteiger partial charge >= 0.3 is 0 Å². The summed E-state index contributed by atoms with van der Waals surface area (Å²) in [5, 5.41) is 27.7. The number of hydrogen-bond acceptors (Lipinski definition) is 6. The van der Waals surface area contributed by atoms with E-state index in [1.807, 2.05) is 31.3 Å². The average molecular weight is 415 g/mol. The van der Waals surface area contributed by atoms with Gasteiger partial charge in [0.1, 0.15) is 0 Å². The van der Waals surface area contributed by atoms with Crippen LogP contribution in [0.15, 0.2) is 36.4 Å². The van der Waals surface area contributed by atoms with Crippen molar-refractivity contribution in [1.29, 1.82) is 0 Å². The normalized spacial score (nSPS) is 32.4. The first kappa shape index (κ1) is 17.8. The van der Waals surface area contributed by atoms with E-state index in [0.29, 0.717) is 12.2 Å². The number of anilines is 1. The van der Waals surface area contributed by atoms with Gasteiger partial charge in [0.05, 0.1) is 22.2 Å². The van der Waals surface area contributed by atoms with Crippen molar-refractivity contribution >= 4 is 16.6 Å². The van der Waals surface area contributed by atoms with E-state index < -0.39 is 17.1 Å². The minimum absolute atomic E-state index is 0.0142. The maximum Gasteiger partial charge on any atom is 0.166 e. The summed E-state index contributed by atoms with van der Waals surface area (Å²) < 4.78 is 6.57.